The van der Waals surface area contributed by atoms with Crippen LogP contribution < -0.4 is 10.2 Å². The second-order valence-electron chi connectivity index (χ2n) is 7.96. The molecule has 0 aliphatic carbocycles. The Morgan fingerprint density at radius 1 is 1.09 bits per heavy atom. The van der Waals surface area contributed by atoms with E-state index in [0.717, 1.165) is 21.6 Å². The molecule has 1 saturated heterocycles. The number of aryl methyl sites for hydroxylation is 1. The topological polar surface area (TPSA) is 46.2 Å². The Bertz CT molecular complexity index is 1240. The van der Waals surface area contributed by atoms with E-state index in [9.17, 15) is 0 Å². The van der Waals surface area contributed by atoms with Gasteiger partial charge in [-0.2, -0.15) is 0 Å². The molecule has 5 rings (SSSR count). The number of pyridine rings is 1. The lowest BCUT2D eigenvalue weighted by atomic mass is 9.96. The summed E-state index contributed by atoms with van der Waals surface area (Å²) in [5.41, 5.74) is 5.61. The number of rotatable bonds is 5. The zero-order chi connectivity index (χ0) is 22.2. The summed E-state index contributed by atoms with van der Waals surface area (Å²) in [5.74, 6) is 0.935. The van der Waals surface area contributed by atoms with Crippen molar-refractivity contribution in [1.29, 1.82) is 0 Å². The fraction of sp³-hybridized carbons (Fsp3) is 0.200. The number of benzene rings is 1. The first-order valence-electron chi connectivity index (χ1n) is 10.5. The van der Waals surface area contributed by atoms with Crippen molar-refractivity contribution in [3.63, 3.8) is 0 Å². The van der Waals surface area contributed by atoms with Gasteiger partial charge in [-0.3, -0.25) is 4.98 Å². The van der Waals surface area contributed by atoms with Gasteiger partial charge in [0, 0.05) is 27.7 Å². The van der Waals surface area contributed by atoms with Gasteiger partial charge in [0.15, 0.2) is 5.11 Å². The number of aromatic nitrogens is 2. The molecule has 7 heteroatoms. The van der Waals surface area contributed by atoms with Crippen LogP contribution in [0, 0.1) is 13.8 Å². The lowest BCUT2D eigenvalue weighted by Crippen LogP contribution is -2.29. The number of hydrogen-bond acceptors (Lipinski definition) is 3. The van der Waals surface area contributed by atoms with E-state index in [2.05, 4.69) is 73.8 Å². The SMILES string of the molecule is Cc1cc([C@H]2[C@@H](c3ccccn3)NC(=S)N2c2ccc(Br)cc2)c(C)n1Cc1ccco1. The molecule has 0 radical (unpaired) electrons. The van der Waals surface area contributed by atoms with Crippen LogP contribution in [0.5, 0.6) is 0 Å². The highest BCUT2D eigenvalue weighted by Crippen LogP contribution is 2.43. The molecule has 2 atom stereocenters. The number of anilines is 1. The lowest BCUT2D eigenvalue weighted by Gasteiger charge is -2.28. The van der Waals surface area contributed by atoms with Crippen LogP contribution in [0.4, 0.5) is 5.69 Å². The molecule has 1 aromatic carbocycles. The normalized spacial score (nSPS) is 18.2. The first kappa shape index (κ1) is 21.0. The lowest BCUT2D eigenvalue weighted by molar-refractivity contribution is 0.488. The van der Waals surface area contributed by atoms with Gasteiger partial charge in [-0.05, 0) is 86.2 Å². The van der Waals surface area contributed by atoms with E-state index in [0.29, 0.717) is 11.7 Å². The van der Waals surface area contributed by atoms with Gasteiger partial charge in [0.2, 0.25) is 0 Å². The third kappa shape index (κ3) is 3.76. The van der Waals surface area contributed by atoms with Crippen LogP contribution >= 0.6 is 28.1 Å². The van der Waals surface area contributed by atoms with E-state index in [1.54, 1.807) is 6.26 Å². The van der Waals surface area contributed by atoms with Crippen molar-refractivity contribution in [2.45, 2.75) is 32.5 Å². The fourth-order valence-corrected chi connectivity index (χ4v) is 5.09. The van der Waals surface area contributed by atoms with E-state index >= 15 is 0 Å². The predicted molar refractivity (Wildman–Crippen MR) is 134 cm³/mol. The quantitative estimate of drug-likeness (QED) is 0.332. The Morgan fingerprint density at radius 3 is 2.59 bits per heavy atom. The van der Waals surface area contributed by atoms with Gasteiger partial charge in [-0.25, -0.2) is 0 Å². The summed E-state index contributed by atoms with van der Waals surface area (Å²) >= 11 is 9.38. The van der Waals surface area contributed by atoms with Gasteiger partial charge in [-0.15, -0.1) is 0 Å². The predicted octanol–water partition coefficient (Wildman–Crippen LogP) is 6.08. The molecule has 0 amide bonds. The Kier molecular flexibility index (Phi) is 5.61. The Labute approximate surface area is 201 Å². The molecular formula is C25H23BrN4OS. The minimum atomic E-state index is -0.0649. The maximum absolute atomic E-state index is 5.84. The van der Waals surface area contributed by atoms with E-state index in [4.69, 9.17) is 16.6 Å². The summed E-state index contributed by atoms with van der Waals surface area (Å²) in [5, 5.41) is 4.24. The molecule has 1 aliphatic heterocycles. The first-order valence-corrected chi connectivity index (χ1v) is 11.7. The van der Waals surface area contributed by atoms with Crippen molar-refractivity contribution in [3.8, 4) is 0 Å². The van der Waals surface area contributed by atoms with Crippen molar-refractivity contribution in [1.82, 2.24) is 14.9 Å². The van der Waals surface area contributed by atoms with E-state index in [1.807, 2.05) is 42.6 Å². The van der Waals surface area contributed by atoms with E-state index < -0.39 is 0 Å². The van der Waals surface area contributed by atoms with Crippen molar-refractivity contribution >= 4 is 38.9 Å². The highest BCUT2D eigenvalue weighted by molar-refractivity contribution is 9.10. The average molecular weight is 507 g/mol. The molecular weight excluding hydrogens is 484 g/mol. The maximum atomic E-state index is 5.84. The standard InChI is InChI=1S/C25H23BrN4OS/c1-16-14-21(17(2)29(16)15-20-6-5-13-31-20)24-23(22-7-3-4-12-27-22)28-25(32)30(24)19-10-8-18(26)9-11-19/h3-14,23-24H,15H2,1-2H3,(H,28,32)/t23-,24+/m1/s1. The third-order valence-electron chi connectivity index (χ3n) is 6.03. The van der Waals surface area contributed by atoms with Crippen molar-refractivity contribution < 1.29 is 4.42 Å². The van der Waals surface area contributed by atoms with Gasteiger partial charge in [-0.1, -0.05) is 22.0 Å². The molecule has 0 unspecified atom stereocenters. The molecule has 3 aromatic heterocycles. The molecule has 162 valence electrons. The molecule has 1 aliphatic rings. The van der Waals surface area contributed by atoms with Gasteiger partial charge in [0.25, 0.3) is 0 Å². The molecule has 5 nitrogen and oxygen atoms in total. The summed E-state index contributed by atoms with van der Waals surface area (Å²) in [6.45, 7) is 5.00. The first-order chi connectivity index (χ1) is 15.5. The number of nitrogens with zero attached hydrogens (tertiary/aromatic N) is 3. The van der Waals surface area contributed by atoms with Crippen molar-refractivity contribution in [3.05, 3.63) is 106 Å². The minimum absolute atomic E-state index is 0.0323. The fourth-order valence-electron chi connectivity index (χ4n) is 4.48. The summed E-state index contributed by atoms with van der Waals surface area (Å²) in [4.78, 5) is 6.86. The number of halogens is 1. The monoisotopic (exact) mass is 506 g/mol. The maximum Gasteiger partial charge on any atom is 0.174 e. The van der Waals surface area contributed by atoms with Crippen LogP contribution in [0.1, 0.15) is 40.5 Å². The smallest absolute Gasteiger partial charge is 0.174 e. The summed E-state index contributed by atoms with van der Waals surface area (Å²) < 4.78 is 8.94. The van der Waals surface area contributed by atoms with Crippen LogP contribution in [0.2, 0.25) is 0 Å². The van der Waals surface area contributed by atoms with Gasteiger partial charge >= 0.3 is 0 Å². The van der Waals surface area contributed by atoms with Gasteiger partial charge in [0.1, 0.15) is 5.76 Å². The second-order valence-corrected chi connectivity index (χ2v) is 9.27. The highest BCUT2D eigenvalue weighted by atomic mass is 79.9. The summed E-state index contributed by atoms with van der Waals surface area (Å²) in [6.07, 6.45) is 3.55. The second kappa shape index (κ2) is 8.56. The Hall–Kier alpha value is -2.90. The summed E-state index contributed by atoms with van der Waals surface area (Å²) in [6, 6.07) is 20.4. The molecule has 4 heterocycles. The summed E-state index contributed by atoms with van der Waals surface area (Å²) in [7, 11) is 0. The number of thiocarbonyl (C=S) groups is 1. The number of hydrogen-bond donors (Lipinski definition) is 1. The third-order valence-corrected chi connectivity index (χ3v) is 6.87. The zero-order valence-corrected chi connectivity index (χ0v) is 20.2. The van der Waals surface area contributed by atoms with Crippen molar-refractivity contribution in [2.24, 2.45) is 0 Å². The minimum Gasteiger partial charge on any atom is -0.467 e. The molecule has 32 heavy (non-hydrogen) atoms. The van der Waals surface area contributed by atoms with Crippen LogP contribution in [-0.2, 0) is 6.54 Å². The molecule has 1 fully saturated rings. The van der Waals surface area contributed by atoms with Crippen LogP contribution in [0.3, 0.4) is 0 Å². The highest BCUT2D eigenvalue weighted by Gasteiger charge is 2.42. The average Bonchev–Trinajstić information content (AvgIpc) is 3.50. The van der Waals surface area contributed by atoms with Gasteiger partial charge < -0.3 is 19.2 Å². The van der Waals surface area contributed by atoms with E-state index in [1.165, 1.54) is 17.0 Å². The molecule has 0 bridgehead atoms. The largest absolute Gasteiger partial charge is 0.467 e. The molecule has 1 N–H and O–H groups in total. The van der Waals surface area contributed by atoms with Crippen LogP contribution in [0.25, 0.3) is 0 Å². The Balaban J connectivity index is 1.62. The van der Waals surface area contributed by atoms with Crippen LogP contribution in [-0.4, -0.2) is 14.7 Å². The molecule has 0 spiro atoms. The van der Waals surface area contributed by atoms with Gasteiger partial charge in [0.05, 0.1) is 30.6 Å². The Morgan fingerprint density at radius 2 is 1.91 bits per heavy atom. The number of nitrogens with one attached hydrogen (secondary N) is 1. The van der Waals surface area contributed by atoms with Crippen molar-refractivity contribution in [2.75, 3.05) is 4.90 Å². The molecule has 4 aromatic rings. The number of furan rings is 1. The van der Waals surface area contributed by atoms with Crippen LogP contribution in [0.15, 0.2) is 82.0 Å². The van der Waals surface area contributed by atoms with E-state index in [-0.39, 0.29) is 12.1 Å². The zero-order valence-electron chi connectivity index (χ0n) is 17.8. The molecule has 0 saturated carbocycles.